The monoisotopic (exact) mass is 286 g/mol. The van der Waals surface area contributed by atoms with Gasteiger partial charge in [0, 0.05) is 20.1 Å². The van der Waals surface area contributed by atoms with Gasteiger partial charge in [-0.2, -0.15) is 0 Å². The lowest BCUT2D eigenvalue weighted by molar-refractivity contribution is 0.0780. The summed E-state index contributed by atoms with van der Waals surface area (Å²) in [6, 6.07) is 12.2. The van der Waals surface area contributed by atoms with Gasteiger partial charge in [0.2, 0.25) is 0 Å². The number of carbonyl (C=O) groups is 1. The van der Waals surface area contributed by atoms with E-state index in [1.54, 1.807) is 19.2 Å². The predicted octanol–water partition coefficient (Wildman–Crippen LogP) is 2.87. The molecule has 0 unspecified atom stereocenters. The lowest BCUT2D eigenvalue weighted by Crippen LogP contribution is -2.27. The van der Waals surface area contributed by atoms with Crippen molar-refractivity contribution in [1.82, 2.24) is 4.90 Å². The van der Waals surface area contributed by atoms with Crippen LogP contribution in [0, 0.1) is 12.7 Å². The van der Waals surface area contributed by atoms with Crippen LogP contribution in [0.25, 0.3) is 0 Å². The van der Waals surface area contributed by atoms with Crippen molar-refractivity contribution in [2.24, 2.45) is 5.73 Å². The van der Waals surface area contributed by atoms with Crippen molar-refractivity contribution in [3.8, 4) is 0 Å². The third-order valence-corrected chi connectivity index (χ3v) is 3.44. The minimum Gasteiger partial charge on any atom is -0.337 e. The molecule has 0 spiro atoms. The smallest absolute Gasteiger partial charge is 0.256 e. The molecule has 0 atom stereocenters. The summed E-state index contributed by atoms with van der Waals surface area (Å²) in [6.07, 6.45) is 0. The zero-order chi connectivity index (χ0) is 15.4. The average molecular weight is 286 g/mol. The zero-order valence-electron chi connectivity index (χ0n) is 12.3. The first kappa shape index (κ1) is 15.2. The molecule has 0 fully saturated rings. The van der Waals surface area contributed by atoms with Crippen LogP contribution in [0.5, 0.6) is 0 Å². The van der Waals surface area contributed by atoms with Gasteiger partial charge in [-0.3, -0.25) is 4.79 Å². The maximum Gasteiger partial charge on any atom is 0.256 e. The van der Waals surface area contributed by atoms with Gasteiger partial charge in [0.25, 0.3) is 5.91 Å². The Morgan fingerprint density at radius 2 is 1.86 bits per heavy atom. The number of hydrogen-bond donors (Lipinski definition) is 1. The maximum atomic E-state index is 13.8. The van der Waals surface area contributed by atoms with E-state index in [2.05, 4.69) is 0 Å². The molecule has 0 aromatic heterocycles. The fourth-order valence-electron chi connectivity index (χ4n) is 2.25. The Kier molecular flexibility index (Phi) is 4.70. The first-order chi connectivity index (χ1) is 10.0. The highest BCUT2D eigenvalue weighted by atomic mass is 19.1. The molecule has 0 aliphatic heterocycles. The molecule has 3 nitrogen and oxygen atoms in total. The molecule has 0 aliphatic carbocycles. The van der Waals surface area contributed by atoms with Crippen LogP contribution in [-0.4, -0.2) is 17.9 Å². The minimum atomic E-state index is -0.496. The number of aryl methyl sites for hydroxylation is 1. The number of carbonyl (C=O) groups excluding carboxylic acids is 1. The Balaban J connectivity index is 2.22. The molecule has 4 heteroatoms. The Bertz CT molecular complexity index is 655. The lowest BCUT2D eigenvalue weighted by Gasteiger charge is -2.19. The molecular formula is C17H19FN2O. The van der Waals surface area contributed by atoms with E-state index in [1.807, 2.05) is 31.2 Å². The first-order valence-corrected chi connectivity index (χ1v) is 6.81. The normalized spacial score (nSPS) is 10.5. The van der Waals surface area contributed by atoms with E-state index >= 15 is 0 Å². The van der Waals surface area contributed by atoms with Crippen LogP contribution in [0.3, 0.4) is 0 Å². The van der Waals surface area contributed by atoms with Crippen molar-refractivity contribution < 1.29 is 9.18 Å². The molecule has 2 aromatic carbocycles. The van der Waals surface area contributed by atoms with Gasteiger partial charge >= 0.3 is 0 Å². The molecule has 2 aromatic rings. The van der Waals surface area contributed by atoms with Crippen molar-refractivity contribution in [2.45, 2.75) is 20.0 Å². The third kappa shape index (κ3) is 3.47. The standard InChI is InChI=1S/C17H19FN2O/c1-12-7-8-16(18)15(9-12)17(21)20(2)11-14-6-4-3-5-13(14)10-19/h3-9H,10-11,19H2,1-2H3. The average Bonchev–Trinajstić information content (AvgIpc) is 2.49. The highest BCUT2D eigenvalue weighted by Crippen LogP contribution is 2.15. The number of halogens is 1. The van der Waals surface area contributed by atoms with Gasteiger partial charge in [0.05, 0.1) is 5.56 Å². The van der Waals surface area contributed by atoms with Crippen LogP contribution >= 0.6 is 0 Å². The molecule has 2 rings (SSSR count). The Labute approximate surface area is 124 Å². The molecule has 0 radical (unpaired) electrons. The summed E-state index contributed by atoms with van der Waals surface area (Å²) in [4.78, 5) is 13.9. The van der Waals surface area contributed by atoms with E-state index in [0.29, 0.717) is 13.1 Å². The summed E-state index contributed by atoms with van der Waals surface area (Å²) < 4.78 is 13.8. The Hall–Kier alpha value is -2.20. The van der Waals surface area contributed by atoms with Gasteiger partial charge in [0.1, 0.15) is 5.82 Å². The number of rotatable bonds is 4. The van der Waals surface area contributed by atoms with Crippen molar-refractivity contribution in [2.75, 3.05) is 7.05 Å². The van der Waals surface area contributed by atoms with E-state index in [9.17, 15) is 9.18 Å². The van der Waals surface area contributed by atoms with E-state index in [-0.39, 0.29) is 11.5 Å². The minimum absolute atomic E-state index is 0.0997. The molecule has 21 heavy (non-hydrogen) atoms. The molecule has 2 N–H and O–H groups in total. The van der Waals surface area contributed by atoms with E-state index in [4.69, 9.17) is 5.73 Å². The largest absolute Gasteiger partial charge is 0.337 e. The summed E-state index contributed by atoms with van der Waals surface area (Å²) in [5, 5.41) is 0. The second-order valence-electron chi connectivity index (χ2n) is 5.12. The van der Waals surface area contributed by atoms with Crippen LogP contribution in [0.4, 0.5) is 4.39 Å². The lowest BCUT2D eigenvalue weighted by atomic mass is 10.1. The van der Waals surface area contributed by atoms with Crippen LogP contribution < -0.4 is 5.73 Å². The number of hydrogen-bond acceptors (Lipinski definition) is 2. The van der Waals surface area contributed by atoms with Gasteiger partial charge in [-0.15, -0.1) is 0 Å². The Morgan fingerprint density at radius 3 is 2.52 bits per heavy atom. The summed E-state index contributed by atoms with van der Waals surface area (Å²) >= 11 is 0. The Morgan fingerprint density at radius 1 is 1.19 bits per heavy atom. The summed E-state index contributed by atoms with van der Waals surface area (Å²) in [6.45, 7) is 2.65. The van der Waals surface area contributed by atoms with Crippen molar-refractivity contribution in [3.05, 3.63) is 70.5 Å². The quantitative estimate of drug-likeness (QED) is 0.939. The number of amides is 1. The highest BCUT2D eigenvalue weighted by molar-refractivity contribution is 5.94. The fourth-order valence-corrected chi connectivity index (χ4v) is 2.25. The molecule has 0 bridgehead atoms. The van der Waals surface area contributed by atoms with Gasteiger partial charge in [-0.1, -0.05) is 35.9 Å². The molecular weight excluding hydrogens is 267 g/mol. The number of benzene rings is 2. The number of nitrogens with two attached hydrogens (primary N) is 1. The van der Waals surface area contributed by atoms with E-state index < -0.39 is 5.82 Å². The maximum absolute atomic E-state index is 13.8. The van der Waals surface area contributed by atoms with Crippen molar-refractivity contribution in [3.63, 3.8) is 0 Å². The fraction of sp³-hybridized carbons (Fsp3) is 0.235. The molecule has 1 amide bonds. The van der Waals surface area contributed by atoms with Crippen molar-refractivity contribution in [1.29, 1.82) is 0 Å². The van der Waals surface area contributed by atoms with Gasteiger partial charge in [0.15, 0.2) is 0 Å². The highest BCUT2D eigenvalue weighted by Gasteiger charge is 2.17. The second-order valence-corrected chi connectivity index (χ2v) is 5.12. The van der Waals surface area contributed by atoms with E-state index in [0.717, 1.165) is 16.7 Å². The molecule has 110 valence electrons. The summed E-state index contributed by atoms with van der Waals surface area (Å²) in [5.74, 6) is -0.826. The second kappa shape index (κ2) is 6.50. The SMILES string of the molecule is Cc1ccc(F)c(C(=O)N(C)Cc2ccccc2CN)c1. The number of nitrogens with zero attached hydrogens (tertiary/aromatic N) is 1. The molecule has 0 aliphatic rings. The van der Waals surface area contributed by atoms with Gasteiger partial charge in [-0.25, -0.2) is 4.39 Å². The molecule has 0 saturated heterocycles. The van der Waals surface area contributed by atoms with Gasteiger partial charge < -0.3 is 10.6 Å². The summed E-state index contributed by atoms with van der Waals surface area (Å²) in [7, 11) is 1.66. The summed E-state index contributed by atoms with van der Waals surface area (Å²) in [5.41, 5.74) is 8.61. The zero-order valence-corrected chi connectivity index (χ0v) is 12.3. The first-order valence-electron chi connectivity index (χ1n) is 6.81. The van der Waals surface area contributed by atoms with Gasteiger partial charge in [-0.05, 0) is 30.2 Å². The van der Waals surface area contributed by atoms with Crippen LogP contribution in [0.1, 0.15) is 27.0 Å². The topological polar surface area (TPSA) is 46.3 Å². The van der Waals surface area contributed by atoms with E-state index in [1.165, 1.54) is 11.0 Å². The van der Waals surface area contributed by atoms with Crippen molar-refractivity contribution >= 4 is 5.91 Å². The van der Waals surface area contributed by atoms with Crippen LogP contribution in [-0.2, 0) is 13.1 Å². The third-order valence-electron chi connectivity index (χ3n) is 3.44. The predicted molar refractivity (Wildman–Crippen MR) is 81.3 cm³/mol. The molecule has 0 heterocycles. The molecule has 0 saturated carbocycles. The van der Waals surface area contributed by atoms with Crippen LogP contribution in [0.15, 0.2) is 42.5 Å². The van der Waals surface area contributed by atoms with Crippen LogP contribution in [0.2, 0.25) is 0 Å².